The number of hydrogen-bond acceptors (Lipinski definition) is 2. The molecule has 0 saturated heterocycles. The van der Waals surface area contributed by atoms with Crippen LogP contribution in [-0.4, -0.2) is 30.3 Å². The van der Waals surface area contributed by atoms with Crippen molar-refractivity contribution in [2.75, 3.05) is 13.6 Å². The van der Waals surface area contributed by atoms with Crippen molar-refractivity contribution in [1.29, 1.82) is 0 Å². The quantitative estimate of drug-likeness (QED) is 0.748. The first-order valence-electron chi connectivity index (χ1n) is 9.44. The van der Waals surface area contributed by atoms with Crippen molar-refractivity contribution in [2.24, 2.45) is 0 Å². The summed E-state index contributed by atoms with van der Waals surface area (Å²) >= 11 is 0. The molecule has 2 amide bonds. The summed E-state index contributed by atoms with van der Waals surface area (Å²) in [5.74, 6) is -0.0146. The average Bonchev–Trinajstić information content (AvgIpc) is 2.65. The highest BCUT2D eigenvalue weighted by Gasteiger charge is 2.14. The molecule has 2 aromatic rings. The van der Waals surface area contributed by atoms with Crippen LogP contribution in [0.25, 0.3) is 0 Å². The van der Waals surface area contributed by atoms with E-state index in [1.165, 1.54) is 5.56 Å². The lowest BCUT2D eigenvalue weighted by Gasteiger charge is -2.21. The number of nitrogens with one attached hydrogen (secondary N) is 1. The first kappa shape index (κ1) is 20.7. The summed E-state index contributed by atoms with van der Waals surface area (Å²) < 4.78 is 0. The number of rotatable bonds is 7. The summed E-state index contributed by atoms with van der Waals surface area (Å²) in [7, 11) is 1.82. The van der Waals surface area contributed by atoms with Gasteiger partial charge in [0.2, 0.25) is 5.91 Å². The standard InChI is InChI=1S/C23H30N2O2/c1-23(2,3)20-14-12-18(13-15-20)17-25(4)21(26)11-8-16-24-22(27)19-9-6-5-7-10-19/h5-7,9-10,12-15H,8,11,16-17H2,1-4H3,(H,24,27). The van der Waals surface area contributed by atoms with E-state index < -0.39 is 0 Å². The van der Waals surface area contributed by atoms with Gasteiger partial charge < -0.3 is 10.2 Å². The Labute approximate surface area is 162 Å². The first-order chi connectivity index (χ1) is 12.8. The molecule has 0 aliphatic heterocycles. The molecule has 0 aliphatic carbocycles. The van der Waals surface area contributed by atoms with Gasteiger partial charge in [-0.05, 0) is 35.1 Å². The molecule has 0 fully saturated rings. The van der Waals surface area contributed by atoms with Crippen molar-refractivity contribution in [3.63, 3.8) is 0 Å². The minimum atomic E-state index is -0.102. The maximum absolute atomic E-state index is 12.3. The second-order valence-electron chi connectivity index (χ2n) is 7.92. The lowest BCUT2D eigenvalue weighted by molar-refractivity contribution is -0.130. The van der Waals surface area contributed by atoms with E-state index in [0.29, 0.717) is 31.5 Å². The highest BCUT2D eigenvalue weighted by molar-refractivity contribution is 5.94. The molecule has 27 heavy (non-hydrogen) atoms. The largest absolute Gasteiger partial charge is 0.352 e. The van der Waals surface area contributed by atoms with Crippen LogP contribution in [0.3, 0.4) is 0 Å². The summed E-state index contributed by atoms with van der Waals surface area (Å²) in [5.41, 5.74) is 3.18. The van der Waals surface area contributed by atoms with E-state index in [-0.39, 0.29) is 17.2 Å². The summed E-state index contributed by atoms with van der Waals surface area (Å²) in [6, 6.07) is 17.5. The predicted octanol–water partition coefficient (Wildman–Crippen LogP) is 4.15. The Morgan fingerprint density at radius 2 is 1.59 bits per heavy atom. The molecule has 0 saturated carbocycles. The third-order valence-corrected chi connectivity index (χ3v) is 4.55. The Morgan fingerprint density at radius 1 is 0.963 bits per heavy atom. The smallest absolute Gasteiger partial charge is 0.251 e. The second-order valence-corrected chi connectivity index (χ2v) is 7.92. The monoisotopic (exact) mass is 366 g/mol. The van der Waals surface area contributed by atoms with Crippen LogP contribution in [0.15, 0.2) is 54.6 Å². The van der Waals surface area contributed by atoms with Gasteiger partial charge in [-0.3, -0.25) is 9.59 Å². The molecule has 0 heterocycles. The molecule has 4 nitrogen and oxygen atoms in total. The number of benzene rings is 2. The van der Waals surface area contributed by atoms with Crippen molar-refractivity contribution in [2.45, 2.75) is 45.6 Å². The Balaban J connectivity index is 1.73. The van der Waals surface area contributed by atoms with Gasteiger partial charge in [-0.2, -0.15) is 0 Å². The molecule has 0 unspecified atom stereocenters. The summed E-state index contributed by atoms with van der Waals surface area (Å²) in [6.45, 7) is 7.66. The predicted molar refractivity (Wildman–Crippen MR) is 110 cm³/mol. The van der Waals surface area contributed by atoms with E-state index in [1.807, 2.05) is 25.2 Å². The van der Waals surface area contributed by atoms with Crippen LogP contribution >= 0.6 is 0 Å². The Bertz CT molecular complexity index is 746. The van der Waals surface area contributed by atoms with Gasteiger partial charge in [0, 0.05) is 32.1 Å². The van der Waals surface area contributed by atoms with Gasteiger partial charge in [-0.15, -0.1) is 0 Å². The van der Waals surface area contributed by atoms with Crippen molar-refractivity contribution in [3.05, 3.63) is 71.3 Å². The third kappa shape index (κ3) is 6.55. The Hall–Kier alpha value is -2.62. The van der Waals surface area contributed by atoms with Crippen LogP contribution < -0.4 is 5.32 Å². The molecule has 1 N–H and O–H groups in total. The topological polar surface area (TPSA) is 49.4 Å². The zero-order valence-electron chi connectivity index (χ0n) is 16.8. The minimum absolute atomic E-state index is 0.0869. The van der Waals surface area contributed by atoms with E-state index in [2.05, 4.69) is 50.4 Å². The Morgan fingerprint density at radius 3 is 2.19 bits per heavy atom. The van der Waals surface area contributed by atoms with E-state index in [1.54, 1.807) is 17.0 Å². The molecule has 0 radical (unpaired) electrons. The molecule has 144 valence electrons. The van der Waals surface area contributed by atoms with Crippen molar-refractivity contribution < 1.29 is 9.59 Å². The maximum atomic E-state index is 12.3. The molecule has 0 bridgehead atoms. The molecule has 4 heteroatoms. The van der Waals surface area contributed by atoms with Gasteiger partial charge in [-0.25, -0.2) is 0 Å². The van der Waals surface area contributed by atoms with Gasteiger partial charge in [0.25, 0.3) is 5.91 Å². The zero-order valence-corrected chi connectivity index (χ0v) is 16.8. The van der Waals surface area contributed by atoms with E-state index in [0.717, 1.165) is 5.56 Å². The van der Waals surface area contributed by atoms with Gasteiger partial charge in [0.1, 0.15) is 0 Å². The fourth-order valence-electron chi connectivity index (χ4n) is 2.80. The van der Waals surface area contributed by atoms with Crippen LogP contribution in [0.1, 0.15) is 55.1 Å². The third-order valence-electron chi connectivity index (χ3n) is 4.55. The van der Waals surface area contributed by atoms with Gasteiger partial charge >= 0.3 is 0 Å². The van der Waals surface area contributed by atoms with Gasteiger partial charge in [0.15, 0.2) is 0 Å². The van der Waals surface area contributed by atoms with E-state index in [9.17, 15) is 9.59 Å². The molecular formula is C23H30N2O2. The van der Waals surface area contributed by atoms with E-state index >= 15 is 0 Å². The SMILES string of the molecule is CN(Cc1ccc(C(C)(C)C)cc1)C(=O)CCCNC(=O)c1ccccc1. The van der Waals surface area contributed by atoms with Crippen LogP contribution in [0.4, 0.5) is 0 Å². The Kier molecular flexibility index (Phi) is 7.17. The molecular weight excluding hydrogens is 336 g/mol. The summed E-state index contributed by atoms with van der Waals surface area (Å²) in [4.78, 5) is 26.0. The average molecular weight is 367 g/mol. The van der Waals surface area contributed by atoms with Crippen molar-refractivity contribution >= 4 is 11.8 Å². The number of carbonyl (C=O) groups is 2. The van der Waals surface area contributed by atoms with Crippen molar-refractivity contribution in [3.8, 4) is 0 Å². The van der Waals surface area contributed by atoms with Gasteiger partial charge in [0.05, 0.1) is 0 Å². The normalized spacial score (nSPS) is 11.1. The van der Waals surface area contributed by atoms with Gasteiger partial charge in [-0.1, -0.05) is 63.2 Å². The number of carbonyl (C=O) groups excluding carboxylic acids is 2. The van der Waals surface area contributed by atoms with E-state index in [4.69, 9.17) is 0 Å². The van der Waals surface area contributed by atoms with Crippen LogP contribution in [0.5, 0.6) is 0 Å². The maximum Gasteiger partial charge on any atom is 0.251 e. The van der Waals surface area contributed by atoms with Crippen LogP contribution in [0.2, 0.25) is 0 Å². The molecule has 0 aliphatic rings. The number of amides is 2. The first-order valence-corrected chi connectivity index (χ1v) is 9.44. The second kappa shape index (κ2) is 9.36. The van der Waals surface area contributed by atoms with Crippen LogP contribution in [-0.2, 0) is 16.8 Å². The molecule has 0 atom stereocenters. The molecule has 2 rings (SSSR count). The number of nitrogens with zero attached hydrogens (tertiary/aromatic N) is 1. The summed E-state index contributed by atoms with van der Waals surface area (Å²) in [5, 5.41) is 2.85. The molecule has 0 spiro atoms. The summed E-state index contributed by atoms with van der Waals surface area (Å²) in [6.07, 6.45) is 1.05. The molecule has 2 aromatic carbocycles. The highest BCUT2D eigenvalue weighted by Crippen LogP contribution is 2.22. The fraction of sp³-hybridized carbons (Fsp3) is 0.391. The molecule has 0 aromatic heterocycles. The lowest BCUT2D eigenvalue weighted by atomic mass is 9.87. The van der Waals surface area contributed by atoms with Crippen LogP contribution in [0, 0.1) is 0 Å². The van der Waals surface area contributed by atoms with Crippen molar-refractivity contribution in [1.82, 2.24) is 10.2 Å². The fourth-order valence-corrected chi connectivity index (χ4v) is 2.80. The number of hydrogen-bond donors (Lipinski definition) is 1. The minimum Gasteiger partial charge on any atom is -0.352 e. The highest BCUT2D eigenvalue weighted by atomic mass is 16.2. The zero-order chi connectivity index (χ0) is 19.9. The lowest BCUT2D eigenvalue weighted by Crippen LogP contribution is -2.28.